The van der Waals surface area contributed by atoms with E-state index in [9.17, 15) is 13.2 Å². The van der Waals surface area contributed by atoms with Crippen LogP contribution in [0, 0.1) is 5.92 Å². The van der Waals surface area contributed by atoms with Crippen LogP contribution >= 0.6 is 0 Å². The molecule has 15 heavy (non-hydrogen) atoms. The molecule has 6 heteroatoms. The number of carboxylic acid groups (broad SMARTS) is 1. The largest absolute Gasteiger partial charge is 0.480 e. The van der Waals surface area contributed by atoms with Crippen molar-refractivity contribution in [3.63, 3.8) is 0 Å². The van der Waals surface area contributed by atoms with Crippen molar-refractivity contribution in [1.29, 1.82) is 0 Å². The van der Waals surface area contributed by atoms with Crippen molar-refractivity contribution < 1.29 is 18.3 Å². The van der Waals surface area contributed by atoms with Crippen LogP contribution in [-0.2, 0) is 14.8 Å². The van der Waals surface area contributed by atoms with Crippen LogP contribution in [0.5, 0.6) is 0 Å². The molecule has 0 aliphatic heterocycles. The average molecular weight is 235 g/mol. The molecular formula is C9H17NO4S. The summed E-state index contributed by atoms with van der Waals surface area (Å²) in [7, 11) is -3.44. The minimum atomic E-state index is -3.44. The molecule has 0 aromatic carbocycles. The first-order chi connectivity index (χ1) is 6.84. The third-order valence-corrected chi connectivity index (χ3v) is 4.62. The van der Waals surface area contributed by atoms with Gasteiger partial charge in [0.2, 0.25) is 10.0 Å². The van der Waals surface area contributed by atoms with Gasteiger partial charge in [0.1, 0.15) is 6.54 Å². The maximum absolute atomic E-state index is 11.8. The Hall–Kier alpha value is -0.620. The molecule has 1 N–H and O–H groups in total. The van der Waals surface area contributed by atoms with Crippen LogP contribution in [0.3, 0.4) is 0 Å². The van der Waals surface area contributed by atoms with Gasteiger partial charge in [0.05, 0.1) is 5.25 Å². The van der Waals surface area contributed by atoms with Crippen LogP contribution in [0.2, 0.25) is 0 Å². The first-order valence-corrected chi connectivity index (χ1v) is 6.55. The summed E-state index contributed by atoms with van der Waals surface area (Å²) in [5.41, 5.74) is 0. The Morgan fingerprint density at radius 1 is 1.47 bits per heavy atom. The van der Waals surface area contributed by atoms with E-state index in [2.05, 4.69) is 0 Å². The van der Waals surface area contributed by atoms with Gasteiger partial charge in [-0.05, 0) is 32.6 Å². The fraction of sp³-hybridized carbons (Fsp3) is 0.889. The van der Waals surface area contributed by atoms with E-state index in [-0.39, 0.29) is 0 Å². The van der Waals surface area contributed by atoms with Crippen LogP contribution in [0.25, 0.3) is 0 Å². The van der Waals surface area contributed by atoms with E-state index in [1.165, 1.54) is 0 Å². The molecule has 1 aliphatic rings. The minimum Gasteiger partial charge on any atom is -0.480 e. The Labute approximate surface area is 90.1 Å². The van der Waals surface area contributed by atoms with E-state index in [1.54, 1.807) is 13.8 Å². The molecule has 1 rings (SSSR count). The SMILES string of the molecule is CC(C)S(=O)(=O)N(CC(=O)O)CC1CC1. The van der Waals surface area contributed by atoms with Crippen LogP contribution < -0.4 is 0 Å². The van der Waals surface area contributed by atoms with Gasteiger partial charge in [-0.1, -0.05) is 0 Å². The summed E-state index contributed by atoms with van der Waals surface area (Å²) in [6, 6.07) is 0. The van der Waals surface area contributed by atoms with Crippen molar-refractivity contribution >= 4 is 16.0 Å². The molecule has 0 bridgehead atoms. The maximum atomic E-state index is 11.8. The van der Waals surface area contributed by atoms with Crippen molar-refractivity contribution in [2.75, 3.05) is 13.1 Å². The Balaban J connectivity index is 2.73. The van der Waals surface area contributed by atoms with E-state index in [0.717, 1.165) is 17.1 Å². The number of aliphatic carboxylic acids is 1. The van der Waals surface area contributed by atoms with Gasteiger partial charge < -0.3 is 5.11 Å². The molecule has 0 heterocycles. The highest BCUT2D eigenvalue weighted by atomic mass is 32.2. The summed E-state index contributed by atoms with van der Waals surface area (Å²) in [6.07, 6.45) is 2.01. The van der Waals surface area contributed by atoms with Crippen molar-refractivity contribution in [2.45, 2.75) is 31.9 Å². The second kappa shape index (κ2) is 4.49. The lowest BCUT2D eigenvalue weighted by molar-refractivity contribution is -0.137. The number of carbonyl (C=O) groups is 1. The van der Waals surface area contributed by atoms with E-state index in [0.29, 0.717) is 12.5 Å². The molecule has 0 aromatic heterocycles. The highest BCUT2D eigenvalue weighted by Gasteiger charge is 2.33. The highest BCUT2D eigenvalue weighted by Crippen LogP contribution is 2.30. The number of hydrogen-bond acceptors (Lipinski definition) is 3. The van der Waals surface area contributed by atoms with Gasteiger partial charge in [-0.3, -0.25) is 4.79 Å². The smallest absolute Gasteiger partial charge is 0.318 e. The molecule has 1 fully saturated rings. The number of rotatable bonds is 6. The lowest BCUT2D eigenvalue weighted by Crippen LogP contribution is -2.41. The molecule has 5 nitrogen and oxygen atoms in total. The quantitative estimate of drug-likeness (QED) is 0.728. The average Bonchev–Trinajstić information content (AvgIpc) is 2.85. The first-order valence-electron chi connectivity index (χ1n) is 5.04. The molecule has 0 amide bonds. The minimum absolute atomic E-state index is 0.354. The normalized spacial score (nSPS) is 17.3. The zero-order valence-corrected chi connectivity index (χ0v) is 9.83. The third-order valence-electron chi connectivity index (χ3n) is 2.43. The summed E-state index contributed by atoms with van der Waals surface area (Å²) < 4.78 is 24.7. The Morgan fingerprint density at radius 2 is 2.00 bits per heavy atom. The third kappa shape index (κ3) is 3.46. The Kier molecular flexibility index (Phi) is 3.72. The van der Waals surface area contributed by atoms with E-state index >= 15 is 0 Å². The van der Waals surface area contributed by atoms with Gasteiger partial charge in [-0.25, -0.2) is 8.42 Å². The van der Waals surface area contributed by atoms with Crippen LogP contribution in [0.4, 0.5) is 0 Å². The standard InChI is InChI=1S/C9H17NO4S/c1-7(2)15(13,14)10(6-9(11)12)5-8-3-4-8/h7-8H,3-6H2,1-2H3,(H,11,12). The topological polar surface area (TPSA) is 74.7 Å². The summed E-state index contributed by atoms with van der Waals surface area (Å²) in [5, 5.41) is 8.10. The lowest BCUT2D eigenvalue weighted by atomic mass is 10.4. The van der Waals surface area contributed by atoms with E-state index < -0.39 is 27.8 Å². The van der Waals surface area contributed by atoms with Crippen molar-refractivity contribution in [3.05, 3.63) is 0 Å². The van der Waals surface area contributed by atoms with Crippen molar-refractivity contribution in [1.82, 2.24) is 4.31 Å². The van der Waals surface area contributed by atoms with Crippen molar-refractivity contribution in [2.24, 2.45) is 5.92 Å². The Bertz CT molecular complexity index is 332. The summed E-state index contributed by atoms with van der Waals surface area (Å²) in [6.45, 7) is 3.07. The molecule has 0 atom stereocenters. The van der Waals surface area contributed by atoms with E-state index in [4.69, 9.17) is 5.11 Å². The van der Waals surface area contributed by atoms with Gasteiger partial charge in [0.25, 0.3) is 0 Å². The fourth-order valence-electron chi connectivity index (χ4n) is 1.30. The molecule has 1 saturated carbocycles. The Morgan fingerprint density at radius 3 is 2.33 bits per heavy atom. The maximum Gasteiger partial charge on any atom is 0.318 e. The van der Waals surface area contributed by atoms with Gasteiger partial charge >= 0.3 is 5.97 Å². The van der Waals surface area contributed by atoms with Gasteiger partial charge in [-0.15, -0.1) is 0 Å². The van der Waals surface area contributed by atoms with Crippen molar-refractivity contribution in [3.8, 4) is 0 Å². The van der Waals surface area contributed by atoms with Crippen LogP contribution in [-0.4, -0.2) is 42.1 Å². The molecule has 0 saturated heterocycles. The van der Waals surface area contributed by atoms with Gasteiger partial charge in [0, 0.05) is 6.54 Å². The summed E-state index contributed by atoms with van der Waals surface area (Å²) >= 11 is 0. The molecule has 1 aliphatic carbocycles. The predicted octanol–water partition coefficient (Wildman–Crippen LogP) is 0.521. The number of hydrogen-bond donors (Lipinski definition) is 1. The lowest BCUT2D eigenvalue weighted by Gasteiger charge is -2.22. The van der Waals surface area contributed by atoms with Gasteiger partial charge in [0.15, 0.2) is 0 Å². The molecular weight excluding hydrogens is 218 g/mol. The zero-order valence-electron chi connectivity index (χ0n) is 9.01. The second-order valence-corrected chi connectivity index (χ2v) is 6.71. The molecule has 0 unspecified atom stereocenters. The van der Waals surface area contributed by atoms with E-state index in [1.807, 2.05) is 0 Å². The molecule has 0 radical (unpaired) electrons. The van der Waals surface area contributed by atoms with Crippen LogP contribution in [0.15, 0.2) is 0 Å². The molecule has 0 aromatic rings. The zero-order chi connectivity index (χ0) is 11.6. The second-order valence-electron chi connectivity index (χ2n) is 4.22. The predicted molar refractivity (Wildman–Crippen MR) is 56.0 cm³/mol. The first kappa shape index (κ1) is 12.4. The fourth-order valence-corrected chi connectivity index (χ4v) is 2.60. The number of carboxylic acids is 1. The molecule has 0 spiro atoms. The number of sulfonamides is 1. The monoisotopic (exact) mass is 235 g/mol. The van der Waals surface area contributed by atoms with Gasteiger partial charge in [-0.2, -0.15) is 4.31 Å². The summed E-state index contributed by atoms with van der Waals surface area (Å²) in [5.74, 6) is -0.738. The molecule has 88 valence electrons. The number of nitrogens with zero attached hydrogens (tertiary/aromatic N) is 1. The van der Waals surface area contributed by atoms with Crippen LogP contribution in [0.1, 0.15) is 26.7 Å². The highest BCUT2D eigenvalue weighted by molar-refractivity contribution is 7.89. The summed E-state index contributed by atoms with van der Waals surface area (Å²) in [4.78, 5) is 10.6.